The smallest absolute Gasteiger partial charge is 0.256 e. The Morgan fingerprint density at radius 3 is 2.81 bits per heavy atom. The van der Waals surface area contributed by atoms with E-state index in [0.717, 1.165) is 21.5 Å². The molecule has 0 atom stereocenters. The van der Waals surface area contributed by atoms with Gasteiger partial charge in [0.25, 0.3) is 5.22 Å². The zero-order valence-corrected chi connectivity index (χ0v) is 13.5. The standard InChI is InChI=1S/C15H13BrN2O2S/c16-10-1-4-12(5-2-10)19-7-8-21-15-18-13-6-3-11(17)9-14(13)20-15/h1-6,9H,7-8,17H2. The van der Waals surface area contributed by atoms with E-state index in [9.17, 15) is 0 Å². The number of anilines is 1. The number of nitrogens with zero attached hydrogens (tertiary/aromatic N) is 1. The van der Waals surface area contributed by atoms with Gasteiger partial charge in [0.05, 0.1) is 6.61 Å². The lowest BCUT2D eigenvalue weighted by Crippen LogP contribution is -1.99. The highest BCUT2D eigenvalue weighted by atomic mass is 79.9. The van der Waals surface area contributed by atoms with Crippen LogP contribution >= 0.6 is 27.7 Å². The molecule has 6 heteroatoms. The van der Waals surface area contributed by atoms with Gasteiger partial charge in [-0.1, -0.05) is 27.7 Å². The van der Waals surface area contributed by atoms with Crippen molar-refractivity contribution >= 4 is 44.5 Å². The Bertz CT molecular complexity index is 743. The van der Waals surface area contributed by atoms with E-state index in [0.29, 0.717) is 23.1 Å². The van der Waals surface area contributed by atoms with Crippen molar-refractivity contribution in [3.05, 3.63) is 46.9 Å². The first kappa shape index (κ1) is 14.3. The normalized spacial score (nSPS) is 10.9. The molecule has 4 nitrogen and oxygen atoms in total. The molecule has 0 fully saturated rings. The van der Waals surface area contributed by atoms with Crippen LogP contribution in [0.2, 0.25) is 0 Å². The summed E-state index contributed by atoms with van der Waals surface area (Å²) in [5, 5.41) is 0.634. The summed E-state index contributed by atoms with van der Waals surface area (Å²) in [6.45, 7) is 0.590. The van der Waals surface area contributed by atoms with E-state index < -0.39 is 0 Å². The second-order valence-corrected chi connectivity index (χ2v) is 6.32. The van der Waals surface area contributed by atoms with Crippen LogP contribution in [-0.2, 0) is 0 Å². The first-order valence-electron chi connectivity index (χ1n) is 6.38. The summed E-state index contributed by atoms with van der Waals surface area (Å²) in [6, 6.07) is 13.2. The van der Waals surface area contributed by atoms with Crippen molar-refractivity contribution in [3.63, 3.8) is 0 Å². The van der Waals surface area contributed by atoms with Crippen molar-refractivity contribution in [3.8, 4) is 5.75 Å². The molecule has 0 unspecified atom stereocenters. The van der Waals surface area contributed by atoms with Gasteiger partial charge < -0.3 is 14.9 Å². The Labute approximate surface area is 134 Å². The molecule has 0 aliphatic carbocycles. The van der Waals surface area contributed by atoms with Gasteiger partial charge in [-0.25, -0.2) is 4.98 Å². The molecule has 2 aromatic carbocycles. The SMILES string of the molecule is Nc1ccc2nc(SCCOc3ccc(Br)cc3)oc2c1. The van der Waals surface area contributed by atoms with Crippen LogP contribution in [0.15, 0.2) is 56.6 Å². The fourth-order valence-corrected chi connectivity index (χ4v) is 2.72. The molecule has 3 aromatic rings. The molecule has 3 rings (SSSR count). The molecule has 0 saturated carbocycles. The molecular weight excluding hydrogens is 352 g/mol. The van der Waals surface area contributed by atoms with E-state index in [1.807, 2.05) is 36.4 Å². The molecule has 0 aliphatic rings. The van der Waals surface area contributed by atoms with Crippen LogP contribution < -0.4 is 10.5 Å². The number of aromatic nitrogens is 1. The molecule has 0 radical (unpaired) electrons. The van der Waals surface area contributed by atoms with Gasteiger partial charge >= 0.3 is 0 Å². The lowest BCUT2D eigenvalue weighted by atomic mass is 10.3. The molecule has 0 aliphatic heterocycles. The zero-order chi connectivity index (χ0) is 14.7. The van der Waals surface area contributed by atoms with Crippen molar-refractivity contribution in [2.75, 3.05) is 18.1 Å². The predicted molar refractivity (Wildman–Crippen MR) is 88.8 cm³/mol. The third-order valence-electron chi connectivity index (χ3n) is 2.78. The first-order valence-corrected chi connectivity index (χ1v) is 8.16. The molecule has 1 aromatic heterocycles. The highest BCUT2D eigenvalue weighted by Gasteiger charge is 2.06. The Morgan fingerprint density at radius 2 is 2.00 bits per heavy atom. The number of hydrogen-bond acceptors (Lipinski definition) is 5. The molecule has 0 saturated heterocycles. The zero-order valence-electron chi connectivity index (χ0n) is 11.1. The quantitative estimate of drug-likeness (QED) is 0.414. The molecule has 108 valence electrons. The number of hydrogen-bond donors (Lipinski definition) is 1. The van der Waals surface area contributed by atoms with Gasteiger partial charge in [-0.3, -0.25) is 0 Å². The summed E-state index contributed by atoms with van der Waals surface area (Å²) in [5.74, 6) is 1.61. The number of benzene rings is 2. The largest absolute Gasteiger partial charge is 0.493 e. The molecular formula is C15H13BrN2O2S. The number of halogens is 1. The van der Waals surface area contributed by atoms with E-state index in [-0.39, 0.29) is 0 Å². The molecule has 0 amide bonds. The predicted octanol–water partition coefficient (Wildman–Crippen LogP) is 4.34. The fraction of sp³-hybridized carbons (Fsp3) is 0.133. The third kappa shape index (κ3) is 3.71. The fourth-order valence-electron chi connectivity index (χ4n) is 1.80. The minimum atomic E-state index is 0.590. The lowest BCUT2D eigenvalue weighted by molar-refractivity contribution is 0.343. The molecule has 2 N–H and O–H groups in total. The van der Waals surface area contributed by atoms with Crippen molar-refractivity contribution in [2.45, 2.75) is 5.22 Å². The number of thioether (sulfide) groups is 1. The molecule has 21 heavy (non-hydrogen) atoms. The number of oxazole rings is 1. The minimum absolute atomic E-state index is 0.590. The number of nitrogen functional groups attached to an aromatic ring is 1. The van der Waals surface area contributed by atoms with Crippen LogP contribution in [0.5, 0.6) is 5.75 Å². The maximum Gasteiger partial charge on any atom is 0.256 e. The van der Waals surface area contributed by atoms with E-state index in [4.69, 9.17) is 14.9 Å². The minimum Gasteiger partial charge on any atom is -0.493 e. The van der Waals surface area contributed by atoms with Gasteiger partial charge in [-0.15, -0.1) is 0 Å². The maximum atomic E-state index is 5.71. The van der Waals surface area contributed by atoms with E-state index in [1.54, 1.807) is 6.07 Å². The molecule has 0 bridgehead atoms. The van der Waals surface area contributed by atoms with Crippen molar-refractivity contribution in [2.24, 2.45) is 0 Å². The Balaban J connectivity index is 1.53. The van der Waals surface area contributed by atoms with E-state index in [1.165, 1.54) is 11.8 Å². The summed E-state index contributed by atoms with van der Waals surface area (Å²) >= 11 is 4.91. The monoisotopic (exact) mass is 364 g/mol. The highest BCUT2D eigenvalue weighted by molar-refractivity contribution is 9.10. The van der Waals surface area contributed by atoms with Crippen molar-refractivity contribution in [1.82, 2.24) is 4.98 Å². The van der Waals surface area contributed by atoms with Crippen LogP contribution in [0.4, 0.5) is 5.69 Å². The second-order valence-electron chi connectivity index (χ2n) is 4.36. The summed E-state index contributed by atoms with van der Waals surface area (Å²) < 4.78 is 12.3. The number of ether oxygens (including phenoxy) is 1. The lowest BCUT2D eigenvalue weighted by Gasteiger charge is -2.04. The molecule has 1 heterocycles. The second kappa shape index (κ2) is 6.41. The number of rotatable bonds is 5. The average molecular weight is 365 g/mol. The van der Waals surface area contributed by atoms with Gasteiger partial charge in [0.15, 0.2) is 5.58 Å². The number of nitrogens with two attached hydrogens (primary N) is 1. The van der Waals surface area contributed by atoms with Gasteiger partial charge in [0, 0.05) is 22.0 Å². The van der Waals surface area contributed by atoms with E-state index in [2.05, 4.69) is 20.9 Å². The summed E-state index contributed by atoms with van der Waals surface area (Å²) in [6.07, 6.45) is 0. The van der Waals surface area contributed by atoms with Gasteiger partial charge in [0.2, 0.25) is 0 Å². The summed E-state index contributed by atoms with van der Waals surface area (Å²) in [5.41, 5.74) is 7.92. The summed E-state index contributed by atoms with van der Waals surface area (Å²) in [7, 11) is 0. The Morgan fingerprint density at radius 1 is 1.19 bits per heavy atom. The van der Waals surface area contributed by atoms with Gasteiger partial charge in [-0.2, -0.15) is 0 Å². The summed E-state index contributed by atoms with van der Waals surface area (Å²) in [4.78, 5) is 4.39. The Kier molecular flexibility index (Phi) is 4.36. The number of fused-ring (bicyclic) bond motifs is 1. The van der Waals surface area contributed by atoms with Crippen LogP contribution in [0.1, 0.15) is 0 Å². The van der Waals surface area contributed by atoms with Gasteiger partial charge in [0.1, 0.15) is 11.3 Å². The van der Waals surface area contributed by atoms with Crippen LogP contribution in [0.3, 0.4) is 0 Å². The maximum absolute atomic E-state index is 5.71. The average Bonchev–Trinajstić information content (AvgIpc) is 2.87. The van der Waals surface area contributed by atoms with Gasteiger partial charge in [-0.05, 0) is 36.4 Å². The third-order valence-corrected chi connectivity index (χ3v) is 4.11. The molecule has 0 spiro atoms. The highest BCUT2D eigenvalue weighted by Crippen LogP contribution is 2.25. The first-order chi connectivity index (χ1) is 10.2. The Hall–Kier alpha value is -1.66. The van der Waals surface area contributed by atoms with Crippen molar-refractivity contribution < 1.29 is 9.15 Å². The van der Waals surface area contributed by atoms with Crippen molar-refractivity contribution in [1.29, 1.82) is 0 Å². The van der Waals surface area contributed by atoms with E-state index >= 15 is 0 Å². The van der Waals surface area contributed by atoms with Crippen LogP contribution in [0.25, 0.3) is 11.1 Å². The van der Waals surface area contributed by atoms with Crippen LogP contribution in [0, 0.1) is 0 Å². The van der Waals surface area contributed by atoms with Crippen LogP contribution in [-0.4, -0.2) is 17.3 Å². The topological polar surface area (TPSA) is 61.3 Å².